The lowest BCUT2D eigenvalue weighted by Gasteiger charge is -2.36. The number of carbonyl (C=O) groups is 1. The summed E-state index contributed by atoms with van der Waals surface area (Å²) in [5, 5.41) is 7.05. The Morgan fingerprint density at radius 1 is 1.06 bits per heavy atom. The zero-order valence-electron chi connectivity index (χ0n) is 18.3. The molecule has 3 aromatic rings. The first kappa shape index (κ1) is 22.0. The number of nitrogens with zero attached hydrogens (tertiary/aromatic N) is 4. The fourth-order valence-electron chi connectivity index (χ4n) is 3.71. The summed E-state index contributed by atoms with van der Waals surface area (Å²) in [7, 11) is 0. The summed E-state index contributed by atoms with van der Waals surface area (Å²) in [4.78, 5) is 21.3. The van der Waals surface area contributed by atoms with Crippen molar-refractivity contribution in [3.05, 3.63) is 66.6 Å². The fourth-order valence-corrected chi connectivity index (χ4v) is 3.71. The first-order chi connectivity index (χ1) is 15.7. The Hall–Kier alpha value is -3.23. The lowest BCUT2D eigenvalue weighted by atomic mass is 10.2. The molecule has 1 aliphatic heterocycles. The van der Waals surface area contributed by atoms with E-state index in [9.17, 15) is 4.79 Å². The number of nitrogens with one attached hydrogen (secondary N) is 1. The number of piperazine rings is 1. The summed E-state index contributed by atoms with van der Waals surface area (Å²) in [6.07, 6.45) is 0. The Morgan fingerprint density at radius 3 is 2.47 bits per heavy atom. The zero-order chi connectivity index (χ0) is 22.2. The third-order valence-electron chi connectivity index (χ3n) is 5.59. The van der Waals surface area contributed by atoms with Crippen molar-refractivity contribution in [1.82, 2.24) is 25.3 Å². The molecule has 0 bridgehead atoms. The highest BCUT2D eigenvalue weighted by atomic mass is 16.5. The van der Waals surface area contributed by atoms with Gasteiger partial charge in [-0.3, -0.25) is 14.6 Å². The van der Waals surface area contributed by atoms with Crippen molar-refractivity contribution in [1.29, 1.82) is 0 Å². The van der Waals surface area contributed by atoms with Crippen molar-refractivity contribution in [3.63, 3.8) is 0 Å². The molecule has 1 N–H and O–H groups in total. The van der Waals surface area contributed by atoms with E-state index in [1.165, 1.54) is 0 Å². The molecule has 8 nitrogen and oxygen atoms in total. The fraction of sp³-hybridized carbons (Fsp3) is 0.375. The van der Waals surface area contributed by atoms with Crippen LogP contribution in [0.3, 0.4) is 0 Å². The van der Waals surface area contributed by atoms with Gasteiger partial charge in [0.25, 0.3) is 0 Å². The van der Waals surface area contributed by atoms with Gasteiger partial charge in [0, 0.05) is 31.7 Å². The first-order valence-corrected chi connectivity index (χ1v) is 11.0. The van der Waals surface area contributed by atoms with E-state index >= 15 is 0 Å². The summed E-state index contributed by atoms with van der Waals surface area (Å²) in [5.74, 6) is 2.06. The molecule has 0 saturated carbocycles. The topological polar surface area (TPSA) is 83.7 Å². The average molecular weight is 436 g/mol. The van der Waals surface area contributed by atoms with Gasteiger partial charge in [-0.25, -0.2) is 0 Å². The molecule has 0 spiro atoms. The average Bonchev–Trinajstić information content (AvgIpc) is 3.34. The van der Waals surface area contributed by atoms with Gasteiger partial charge in [0.1, 0.15) is 12.4 Å². The molecule has 1 aromatic heterocycles. The van der Waals surface area contributed by atoms with Gasteiger partial charge in [-0.05, 0) is 19.1 Å². The molecule has 1 aliphatic rings. The number of aromatic nitrogens is 2. The van der Waals surface area contributed by atoms with Crippen LogP contribution in [0.1, 0.15) is 18.9 Å². The second-order valence-corrected chi connectivity index (χ2v) is 7.82. The number of amides is 1. The van der Waals surface area contributed by atoms with Gasteiger partial charge in [0.2, 0.25) is 17.6 Å². The minimum absolute atomic E-state index is 0.0209. The highest BCUT2D eigenvalue weighted by molar-refractivity contribution is 5.78. The number of rotatable bonds is 9. The molecule has 8 heteroatoms. The highest BCUT2D eigenvalue weighted by Gasteiger charge is 2.26. The van der Waals surface area contributed by atoms with E-state index in [2.05, 4.69) is 32.2 Å². The molecule has 1 unspecified atom stereocenters. The second-order valence-electron chi connectivity index (χ2n) is 7.82. The highest BCUT2D eigenvalue weighted by Crippen LogP contribution is 2.23. The molecule has 168 valence electrons. The van der Waals surface area contributed by atoms with E-state index < -0.39 is 0 Å². The molecule has 1 fully saturated rings. The molecule has 0 aliphatic carbocycles. The molecule has 2 heterocycles. The van der Waals surface area contributed by atoms with E-state index in [1.807, 2.05) is 60.7 Å². The minimum Gasteiger partial charge on any atom is -0.492 e. The van der Waals surface area contributed by atoms with Crippen molar-refractivity contribution in [3.8, 4) is 17.1 Å². The van der Waals surface area contributed by atoms with Crippen molar-refractivity contribution >= 4 is 5.91 Å². The molecule has 1 atom stereocenters. The predicted molar refractivity (Wildman–Crippen MR) is 121 cm³/mol. The van der Waals surface area contributed by atoms with Crippen LogP contribution in [0.4, 0.5) is 0 Å². The third kappa shape index (κ3) is 5.93. The maximum Gasteiger partial charge on any atom is 0.244 e. The number of hydrogen-bond donors (Lipinski definition) is 1. The Bertz CT molecular complexity index is 972. The predicted octanol–water partition coefficient (Wildman–Crippen LogP) is 2.61. The van der Waals surface area contributed by atoms with E-state index in [4.69, 9.17) is 9.26 Å². The summed E-state index contributed by atoms with van der Waals surface area (Å²) < 4.78 is 11.1. The van der Waals surface area contributed by atoms with Crippen LogP contribution in [-0.2, 0) is 4.79 Å². The third-order valence-corrected chi connectivity index (χ3v) is 5.59. The summed E-state index contributed by atoms with van der Waals surface area (Å²) >= 11 is 0. The minimum atomic E-state index is 0.0209. The van der Waals surface area contributed by atoms with E-state index in [0.717, 1.165) is 37.5 Å². The molecule has 1 amide bonds. The van der Waals surface area contributed by atoms with Crippen LogP contribution < -0.4 is 10.1 Å². The molecule has 1 saturated heterocycles. The van der Waals surface area contributed by atoms with Gasteiger partial charge >= 0.3 is 0 Å². The number of benzene rings is 2. The van der Waals surface area contributed by atoms with Gasteiger partial charge < -0.3 is 14.6 Å². The summed E-state index contributed by atoms with van der Waals surface area (Å²) in [6.45, 7) is 6.74. The maximum absolute atomic E-state index is 12.2. The zero-order valence-corrected chi connectivity index (χ0v) is 18.3. The van der Waals surface area contributed by atoms with E-state index in [0.29, 0.717) is 31.4 Å². The first-order valence-electron chi connectivity index (χ1n) is 11.0. The molecule has 2 aromatic carbocycles. The van der Waals surface area contributed by atoms with Crippen LogP contribution in [0.2, 0.25) is 0 Å². The maximum atomic E-state index is 12.2. The van der Waals surface area contributed by atoms with Gasteiger partial charge in [-0.2, -0.15) is 4.98 Å². The summed E-state index contributed by atoms with van der Waals surface area (Å²) in [6, 6.07) is 19.5. The summed E-state index contributed by atoms with van der Waals surface area (Å²) in [5.41, 5.74) is 0.944. The van der Waals surface area contributed by atoms with Crippen LogP contribution in [0.15, 0.2) is 65.2 Å². The van der Waals surface area contributed by atoms with E-state index in [1.54, 1.807) is 0 Å². The van der Waals surface area contributed by atoms with Crippen LogP contribution >= 0.6 is 0 Å². The molecular weight excluding hydrogens is 406 g/mol. The Kier molecular flexibility index (Phi) is 7.47. The largest absolute Gasteiger partial charge is 0.492 e. The molecular formula is C24H29N5O3. The van der Waals surface area contributed by atoms with Gasteiger partial charge in [-0.15, -0.1) is 0 Å². The molecule has 32 heavy (non-hydrogen) atoms. The molecule has 4 rings (SSSR count). The van der Waals surface area contributed by atoms with Crippen LogP contribution in [0, 0.1) is 0 Å². The van der Waals surface area contributed by atoms with Crippen molar-refractivity contribution in [2.24, 2.45) is 0 Å². The van der Waals surface area contributed by atoms with Gasteiger partial charge in [0.15, 0.2) is 0 Å². The van der Waals surface area contributed by atoms with Crippen LogP contribution in [-0.4, -0.2) is 71.7 Å². The second kappa shape index (κ2) is 10.9. The number of ether oxygens (including phenoxy) is 1. The van der Waals surface area contributed by atoms with Crippen LogP contribution in [0.25, 0.3) is 11.4 Å². The van der Waals surface area contributed by atoms with Crippen molar-refractivity contribution < 1.29 is 14.1 Å². The SMILES string of the molecule is CC(c1nc(-c2ccccc2)no1)N1CCN(CC(=O)NCCOc2ccccc2)CC1. The lowest BCUT2D eigenvalue weighted by Crippen LogP contribution is -2.50. The number of carbonyl (C=O) groups excluding carboxylic acids is 1. The number of para-hydroxylation sites is 1. The molecule has 0 radical (unpaired) electrons. The van der Waals surface area contributed by atoms with Crippen molar-refractivity contribution in [2.75, 3.05) is 45.9 Å². The lowest BCUT2D eigenvalue weighted by molar-refractivity contribution is -0.122. The quantitative estimate of drug-likeness (QED) is 0.517. The van der Waals surface area contributed by atoms with Gasteiger partial charge in [-0.1, -0.05) is 53.7 Å². The number of hydrogen-bond acceptors (Lipinski definition) is 7. The Balaban J connectivity index is 1.17. The van der Waals surface area contributed by atoms with Crippen molar-refractivity contribution in [2.45, 2.75) is 13.0 Å². The Morgan fingerprint density at radius 2 is 1.75 bits per heavy atom. The van der Waals surface area contributed by atoms with Gasteiger partial charge in [0.05, 0.1) is 19.1 Å². The Labute approximate surface area is 188 Å². The van der Waals surface area contributed by atoms with E-state index in [-0.39, 0.29) is 11.9 Å². The standard InChI is InChI=1S/C24H29N5O3/c1-19(24-26-23(27-32-24)20-8-4-2-5-9-20)29-15-13-28(14-16-29)18-22(30)25-12-17-31-21-10-6-3-7-11-21/h2-11,19H,12-18H2,1H3,(H,25,30). The van der Waals surface area contributed by atoms with Crippen LogP contribution in [0.5, 0.6) is 5.75 Å². The normalized spacial score (nSPS) is 15.9. The monoisotopic (exact) mass is 435 g/mol. The smallest absolute Gasteiger partial charge is 0.244 e.